The molecule has 8 heteroatoms. The average molecular weight is 301 g/mol. The SMILES string of the molecule is O=C(O)CSc1nc2cccnc2n1Cc1cccnn1. The van der Waals surface area contributed by atoms with Crippen LogP contribution in [0.1, 0.15) is 5.69 Å². The third-order valence-electron chi connectivity index (χ3n) is 2.74. The lowest BCUT2D eigenvalue weighted by molar-refractivity contribution is -0.133. The van der Waals surface area contributed by atoms with Gasteiger partial charge in [0.1, 0.15) is 5.52 Å². The van der Waals surface area contributed by atoms with Crippen molar-refractivity contribution < 1.29 is 9.90 Å². The maximum absolute atomic E-state index is 10.8. The van der Waals surface area contributed by atoms with Gasteiger partial charge in [-0.2, -0.15) is 10.2 Å². The highest BCUT2D eigenvalue weighted by atomic mass is 32.2. The first-order valence-corrected chi connectivity index (χ1v) is 7.15. The van der Waals surface area contributed by atoms with Crippen molar-refractivity contribution in [1.29, 1.82) is 0 Å². The molecule has 0 unspecified atom stereocenters. The van der Waals surface area contributed by atoms with Crippen LogP contribution in [0.2, 0.25) is 0 Å². The van der Waals surface area contributed by atoms with Gasteiger partial charge in [-0.3, -0.25) is 9.36 Å². The first-order chi connectivity index (χ1) is 10.2. The summed E-state index contributed by atoms with van der Waals surface area (Å²) >= 11 is 1.16. The zero-order chi connectivity index (χ0) is 14.7. The van der Waals surface area contributed by atoms with Crippen molar-refractivity contribution in [3.8, 4) is 0 Å². The summed E-state index contributed by atoms with van der Waals surface area (Å²) in [7, 11) is 0. The van der Waals surface area contributed by atoms with E-state index >= 15 is 0 Å². The Hall–Kier alpha value is -2.48. The van der Waals surface area contributed by atoms with Gasteiger partial charge in [0, 0.05) is 12.4 Å². The van der Waals surface area contributed by atoms with Crippen LogP contribution in [0.5, 0.6) is 0 Å². The van der Waals surface area contributed by atoms with E-state index in [2.05, 4.69) is 20.2 Å². The number of carboxylic acids is 1. The summed E-state index contributed by atoms with van der Waals surface area (Å²) in [6.07, 6.45) is 3.29. The quantitative estimate of drug-likeness (QED) is 0.713. The van der Waals surface area contributed by atoms with Crippen LogP contribution >= 0.6 is 11.8 Å². The minimum absolute atomic E-state index is 0.0518. The number of imidazole rings is 1. The number of carboxylic acid groups (broad SMARTS) is 1. The Bertz CT molecular complexity index is 775. The lowest BCUT2D eigenvalue weighted by atomic mass is 10.4. The van der Waals surface area contributed by atoms with Gasteiger partial charge in [0.15, 0.2) is 10.8 Å². The molecular weight excluding hydrogens is 290 g/mol. The zero-order valence-electron chi connectivity index (χ0n) is 10.9. The second kappa shape index (κ2) is 5.88. The van der Waals surface area contributed by atoms with Gasteiger partial charge < -0.3 is 5.11 Å². The fourth-order valence-corrected chi connectivity index (χ4v) is 2.62. The van der Waals surface area contributed by atoms with Crippen molar-refractivity contribution in [3.05, 3.63) is 42.4 Å². The Kier molecular flexibility index (Phi) is 3.78. The summed E-state index contributed by atoms with van der Waals surface area (Å²) < 4.78 is 1.85. The molecule has 0 saturated carbocycles. The van der Waals surface area contributed by atoms with Gasteiger partial charge >= 0.3 is 5.97 Å². The molecule has 0 spiro atoms. The second-order valence-electron chi connectivity index (χ2n) is 4.22. The molecule has 0 amide bonds. The summed E-state index contributed by atoms with van der Waals surface area (Å²) in [5, 5.41) is 17.3. The minimum atomic E-state index is -0.883. The van der Waals surface area contributed by atoms with Crippen LogP contribution in [0, 0.1) is 0 Å². The Morgan fingerprint density at radius 1 is 1.29 bits per heavy atom. The molecule has 1 N–H and O–H groups in total. The minimum Gasteiger partial charge on any atom is -0.481 e. The van der Waals surface area contributed by atoms with Crippen molar-refractivity contribution in [2.45, 2.75) is 11.7 Å². The standard InChI is InChI=1S/C13H11N5O2S/c19-11(20)8-21-13-16-10-4-2-5-14-12(10)18(13)7-9-3-1-6-15-17-9/h1-6H,7-8H2,(H,19,20). The van der Waals surface area contributed by atoms with E-state index in [0.717, 1.165) is 23.0 Å². The van der Waals surface area contributed by atoms with Crippen LogP contribution in [0.4, 0.5) is 0 Å². The molecular formula is C13H11N5O2S. The first kappa shape index (κ1) is 13.5. The fraction of sp³-hybridized carbons (Fsp3) is 0.154. The third-order valence-corrected chi connectivity index (χ3v) is 3.70. The molecule has 0 aliphatic rings. The monoisotopic (exact) mass is 301 g/mol. The van der Waals surface area contributed by atoms with Crippen molar-refractivity contribution >= 4 is 28.9 Å². The smallest absolute Gasteiger partial charge is 0.313 e. The first-order valence-electron chi connectivity index (χ1n) is 6.16. The number of carbonyl (C=O) groups is 1. The van der Waals surface area contributed by atoms with Crippen molar-refractivity contribution in [2.24, 2.45) is 0 Å². The fourth-order valence-electron chi connectivity index (χ4n) is 1.90. The molecule has 0 fully saturated rings. The number of hydrogen-bond acceptors (Lipinski definition) is 6. The van der Waals surface area contributed by atoms with E-state index in [1.807, 2.05) is 16.7 Å². The zero-order valence-corrected chi connectivity index (χ0v) is 11.7. The van der Waals surface area contributed by atoms with E-state index in [4.69, 9.17) is 5.11 Å². The number of fused-ring (bicyclic) bond motifs is 1. The number of aliphatic carboxylic acids is 1. The van der Waals surface area contributed by atoms with Crippen molar-refractivity contribution in [3.63, 3.8) is 0 Å². The molecule has 3 heterocycles. The highest BCUT2D eigenvalue weighted by Gasteiger charge is 2.14. The van der Waals surface area contributed by atoms with Crippen LogP contribution in [0.3, 0.4) is 0 Å². The third kappa shape index (κ3) is 3.00. The summed E-state index contributed by atoms with van der Waals surface area (Å²) in [5.41, 5.74) is 2.20. The number of nitrogens with zero attached hydrogens (tertiary/aromatic N) is 5. The number of aromatic nitrogens is 5. The molecule has 3 rings (SSSR count). The maximum atomic E-state index is 10.8. The summed E-state index contributed by atoms with van der Waals surface area (Å²) in [6, 6.07) is 7.31. The van der Waals surface area contributed by atoms with E-state index in [1.54, 1.807) is 24.5 Å². The van der Waals surface area contributed by atoms with Gasteiger partial charge in [-0.05, 0) is 24.3 Å². The lowest BCUT2D eigenvalue weighted by Gasteiger charge is -2.06. The van der Waals surface area contributed by atoms with Crippen LogP contribution in [-0.4, -0.2) is 41.6 Å². The number of pyridine rings is 1. The molecule has 0 aliphatic carbocycles. The number of thioether (sulfide) groups is 1. The average Bonchev–Trinajstić information content (AvgIpc) is 2.84. The predicted octanol–water partition coefficient (Wildman–Crippen LogP) is 1.45. The summed E-state index contributed by atoms with van der Waals surface area (Å²) in [6.45, 7) is 0.448. The van der Waals surface area contributed by atoms with Gasteiger partial charge in [-0.1, -0.05) is 11.8 Å². The normalized spacial score (nSPS) is 10.9. The van der Waals surface area contributed by atoms with Crippen LogP contribution < -0.4 is 0 Å². The van der Waals surface area contributed by atoms with E-state index < -0.39 is 5.97 Å². The summed E-state index contributed by atoms with van der Waals surface area (Å²) in [4.78, 5) is 19.5. The van der Waals surface area contributed by atoms with Gasteiger partial charge in [-0.15, -0.1) is 0 Å². The van der Waals surface area contributed by atoms with Gasteiger partial charge in [0.05, 0.1) is 18.0 Å². The molecule has 0 atom stereocenters. The predicted molar refractivity (Wildman–Crippen MR) is 77.0 cm³/mol. The van der Waals surface area contributed by atoms with Crippen molar-refractivity contribution in [2.75, 3.05) is 5.75 Å². The van der Waals surface area contributed by atoms with E-state index in [1.165, 1.54) is 0 Å². The van der Waals surface area contributed by atoms with Crippen molar-refractivity contribution in [1.82, 2.24) is 24.7 Å². The Morgan fingerprint density at radius 2 is 2.14 bits per heavy atom. The number of rotatable bonds is 5. The molecule has 7 nitrogen and oxygen atoms in total. The molecule has 0 aromatic carbocycles. The van der Waals surface area contributed by atoms with Crippen LogP contribution in [-0.2, 0) is 11.3 Å². The van der Waals surface area contributed by atoms with Gasteiger partial charge in [-0.25, -0.2) is 9.97 Å². The van der Waals surface area contributed by atoms with Crippen LogP contribution in [0.15, 0.2) is 41.8 Å². The van der Waals surface area contributed by atoms with Gasteiger partial charge in [0.2, 0.25) is 0 Å². The topological polar surface area (TPSA) is 93.8 Å². The molecule has 106 valence electrons. The highest BCUT2D eigenvalue weighted by Crippen LogP contribution is 2.23. The molecule has 0 bridgehead atoms. The van der Waals surface area contributed by atoms with Crippen LogP contribution in [0.25, 0.3) is 11.2 Å². The Labute approximate surface area is 124 Å². The van der Waals surface area contributed by atoms with Gasteiger partial charge in [0.25, 0.3) is 0 Å². The molecule has 0 radical (unpaired) electrons. The Balaban J connectivity index is 2.00. The van der Waals surface area contributed by atoms with E-state index in [9.17, 15) is 4.79 Å². The van der Waals surface area contributed by atoms with E-state index in [0.29, 0.717) is 17.3 Å². The second-order valence-corrected chi connectivity index (χ2v) is 5.17. The molecule has 3 aromatic rings. The molecule has 3 aromatic heterocycles. The largest absolute Gasteiger partial charge is 0.481 e. The molecule has 21 heavy (non-hydrogen) atoms. The lowest BCUT2D eigenvalue weighted by Crippen LogP contribution is -2.06. The highest BCUT2D eigenvalue weighted by molar-refractivity contribution is 7.99. The molecule has 0 saturated heterocycles. The molecule has 0 aliphatic heterocycles. The summed E-state index contributed by atoms with van der Waals surface area (Å²) in [5.74, 6) is -0.935. The number of hydrogen-bond donors (Lipinski definition) is 1. The Morgan fingerprint density at radius 3 is 2.90 bits per heavy atom. The maximum Gasteiger partial charge on any atom is 0.313 e. The van der Waals surface area contributed by atoms with E-state index in [-0.39, 0.29) is 5.75 Å².